The van der Waals surface area contributed by atoms with Crippen LogP contribution in [0.5, 0.6) is 0 Å². The fourth-order valence-electron chi connectivity index (χ4n) is 8.87. The highest BCUT2D eigenvalue weighted by atomic mass is 32.2. The number of thioether (sulfide) groups is 2. The van der Waals surface area contributed by atoms with Crippen molar-refractivity contribution in [3.05, 3.63) is 58.7 Å². The first-order valence-electron chi connectivity index (χ1n) is 27.9. The summed E-state index contributed by atoms with van der Waals surface area (Å²) < 4.78 is 0. The Bertz CT molecular complexity index is 1420. The van der Waals surface area contributed by atoms with E-state index in [1.807, 2.05) is 0 Å². The second-order valence-corrected chi connectivity index (χ2v) is 22.8. The van der Waals surface area contributed by atoms with E-state index in [0.29, 0.717) is 35.2 Å². The number of unbranched alkanes of at least 4 members (excludes halogenated alkanes) is 26. The van der Waals surface area contributed by atoms with Crippen LogP contribution in [-0.4, -0.2) is 34.8 Å². The van der Waals surface area contributed by atoms with E-state index in [0.717, 1.165) is 22.9 Å². The minimum Gasteiger partial charge on any atom is -0.325 e. The van der Waals surface area contributed by atoms with Crippen molar-refractivity contribution in [3.63, 3.8) is 0 Å². The van der Waals surface area contributed by atoms with E-state index < -0.39 is 0 Å². The van der Waals surface area contributed by atoms with Crippen LogP contribution >= 0.6 is 23.5 Å². The molecular weight excluding hydrogens is 845 g/mol. The van der Waals surface area contributed by atoms with E-state index in [1.54, 1.807) is 23.5 Å². The molecule has 0 aromatic heterocycles. The molecule has 0 fully saturated rings. The third-order valence-electron chi connectivity index (χ3n) is 13.0. The third kappa shape index (κ3) is 31.3. The molecule has 0 unspecified atom stereocenters. The lowest BCUT2D eigenvalue weighted by Gasteiger charge is -2.20. The van der Waals surface area contributed by atoms with Crippen molar-refractivity contribution in [3.8, 4) is 0 Å². The number of rotatable bonds is 40. The highest BCUT2D eigenvalue weighted by Crippen LogP contribution is 2.34. The molecule has 6 heteroatoms. The first-order chi connectivity index (χ1) is 31.9. The number of hydrogen-bond donors (Lipinski definition) is 2. The van der Waals surface area contributed by atoms with Gasteiger partial charge in [-0.3, -0.25) is 9.59 Å². The van der Waals surface area contributed by atoms with Gasteiger partial charge in [-0.15, -0.1) is 0 Å². The van der Waals surface area contributed by atoms with Gasteiger partial charge in [0.15, 0.2) is 0 Å². The van der Waals surface area contributed by atoms with E-state index >= 15 is 0 Å². The second kappa shape index (κ2) is 42.0. The Morgan fingerprint density at radius 2 is 0.576 bits per heavy atom. The molecule has 0 saturated heterocycles. The number of nitrogens with one attached hydrogen (secondary N) is 2. The van der Waals surface area contributed by atoms with Gasteiger partial charge in [-0.05, 0) is 70.3 Å². The van der Waals surface area contributed by atoms with Crippen molar-refractivity contribution in [2.75, 3.05) is 33.6 Å². The van der Waals surface area contributed by atoms with Gasteiger partial charge in [0, 0.05) is 11.4 Å². The monoisotopic (exact) mass is 951 g/mol. The van der Waals surface area contributed by atoms with Gasteiger partial charge < -0.3 is 10.6 Å². The van der Waals surface area contributed by atoms with Crippen molar-refractivity contribution < 1.29 is 9.59 Å². The lowest BCUT2D eigenvalue weighted by Crippen LogP contribution is -2.18. The van der Waals surface area contributed by atoms with Crippen LogP contribution in [0.3, 0.4) is 0 Å². The molecule has 0 atom stereocenters. The van der Waals surface area contributed by atoms with Crippen LogP contribution in [-0.2, 0) is 9.59 Å². The van der Waals surface area contributed by atoms with Gasteiger partial charge in [0.25, 0.3) is 0 Å². The van der Waals surface area contributed by atoms with Gasteiger partial charge in [-0.2, -0.15) is 23.5 Å². The van der Waals surface area contributed by atoms with Gasteiger partial charge >= 0.3 is 0 Å². The molecule has 2 aromatic carbocycles. The van der Waals surface area contributed by atoms with Crippen molar-refractivity contribution in [1.82, 2.24) is 0 Å². The summed E-state index contributed by atoms with van der Waals surface area (Å²) in [6.45, 7) is 22.1. The molecule has 2 N–H and O–H groups in total. The molecule has 2 aromatic rings. The van der Waals surface area contributed by atoms with Gasteiger partial charge in [0.2, 0.25) is 11.8 Å². The summed E-state index contributed by atoms with van der Waals surface area (Å²) in [5.41, 5.74) is 7.06. The number of benzene rings is 2. The van der Waals surface area contributed by atoms with Crippen LogP contribution in [0.25, 0.3) is 0 Å². The van der Waals surface area contributed by atoms with Crippen molar-refractivity contribution in [2.45, 2.75) is 273 Å². The highest BCUT2D eigenvalue weighted by Gasteiger charge is 2.17. The largest absolute Gasteiger partial charge is 0.325 e. The topological polar surface area (TPSA) is 58.2 Å². The van der Waals surface area contributed by atoms with Crippen LogP contribution in [0.1, 0.15) is 295 Å². The predicted octanol–water partition coefficient (Wildman–Crippen LogP) is 20.2. The van der Waals surface area contributed by atoms with E-state index in [2.05, 4.69) is 116 Å². The maximum absolute atomic E-state index is 12.6. The molecule has 380 valence electrons. The Kier molecular flexibility index (Phi) is 39.5. The fourth-order valence-corrected chi connectivity index (χ4v) is 10.5. The van der Waals surface area contributed by atoms with Crippen LogP contribution in [0.15, 0.2) is 36.4 Å². The molecule has 66 heavy (non-hydrogen) atoms. The first-order valence-corrected chi connectivity index (χ1v) is 30.3. The smallest absolute Gasteiger partial charge is 0.234 e. The number of carbonyl (C=O) groups excluding carboxylic acids is 2. The minimum absolute atomic E-state index is 0.138. The molecule has 0 radical (unpaired) electrons. The fraction of sp³-hybridized carbons (Fsp3) is 0.767. The number of anilines is 2. The van der Waals surface area contributed by atoms with Gasteiger partial charge in [0.05, 0.1) is 11.5 Å². The molecular formula is C60H106N2O2S2. The molecule has 0 aliphatic rings. The normalized spacial score (nSPS) is 11.5. The zero-order valence-electron chi connectivity index (χ0n) is 45.0. The molecule has 0 aliphatic carbocycles. The Morgan fingerprint density at radius 3 is 0.788 bits per heavy atom. The Morgan fingerprint density at radius 1 is 0.364 bits per heavy atom. The number of hydrogen-bond acceptors (Lipinski definition) is 4. The molecule has 0 saturated carbocycles. The molecule has 0 spiro atoms. The lowest BCUT2D eigenvalue weighted by atomic mass is 9.92. The van der Waals surface area contributed by atoms with Crippen LogP contribution in [0, 0.1) is 0 Å². The summed E-state index contributed by atoms with van der Waals surface area (Å²) in [4.78, 5) is 25.2. The third-order valence-corrected chi connectivity index (χ3v) is 15.1. The van der Waals surface area contributed by atoms with E-state index in [1.165, 1.54) is 202 Å². The Labute approximate surface area is 419 Å². The average molecular weight is 952 g/mol. The second-order valence-electron chi connectivity index (χ2n) is 20.6. The Hall–Kier alpha value is -1.92. The summed E-state index contributed by atoms with van der Waals surface area (Å²) in [6, 6.07) is 12.8. The SMILES string of the molecule is CCCCCCCCCCCCCCCCCCSCC(=O)Nc1c(C(C)C)cccc1C(C)C.CCCCCCCCCCCCCCSCC(=O)Nc1c(C(C)C)cccc1C(C)C. The average Bonchev–Trinajstić information content (AvgIpc) is 3.28. The number of amides is 2. The van der Waals surface area contributed by atoms with E-state index in [4.69, 9.17) is 0 Å². The molecule has 0 bridgehead atoms. The lowest BCUT2D eigenvalue weighted by molar-refractivity contribution is -0.114. The molecule has 0 heterocycles. The Balaban J connectivity index is 0.000000665. The summed E-state index contributed by atoms with van der Waals surface area (Å²) >= 11 is 3.56. The summed E-state index contributed by atoms with van der Waals surface area (Å²) in [5, 5.41) is 6.47. The van der Waals surface area contributed by atoms with Gasteiger partial charge in [0.1, 0.15) is 0 Å². The quantitative estimate of drug-likeness (QED) is 0.0654. The first kappa shape index (κ1) is 62.1. The molecule has 4 nitrogen and oxygen atoms in total. The number of para-hydroxylation sites is 2. The highest BCUT2D eigenvalue weighted by molar-refractivity contribution is 8.00. The zero-order chi connectivity index (χ0) is 48.6. The van der Waals surface area contributed by atoms with Crippen molar-refractivity contribution >= 4 is 46.7 Å². The van der Waals surface area contributed by atoms with Crippen molar-refractivity contribution in [1.29, 1.82) is 0 Å². The predicted molar refractivity (Wildman–Crippen MR) is 302 cm³/mol. The minimum atomic E-state index is 0.138. The standard InChI is InChI=1S/C32H57NOS.C28H49NOS/c1-6-7-8-9-10-11-12-13-14-15-16-17-18-19-20-21-25-35-26-31(34)33-32-29(27(2)3)23-22-24-30(32)28(4)5;1-6-7-8-9-10-11-12-13-14-15-16-17-21-31-22-27(30)29-28-25(23(2)3)19-18-20-26(28)24(4)5/h22-24,27-28H,6-21,25-26H2,1-5H3,(H,33,34);18-20,23-24H,6-17,21-22H2,1-5H3,(H,29,30). The molecule has 0 aliphatic heterocycles. The summed E-state index contributed by atoms with van der Waals surface area (Å²) in [7, 11) is 0. The summed E-state index contributed by atoms with van der Waals surface area (Å²) in [6.07, 6.45) is 39.0. The summed E-state index contributed by atoms with van der Waals surface area (Å²) in [5.74, 6) is 5.20. The van der Waals surface area contributed by atoms with E-state index in [9.17, 15) is 9.59 Å². The van der Waals surface area contributed by atoms with Crippen LogP contribution in [0.2, 0.25) is 0 Å². The molecule has 2 rings (SSSR count). The maximum Gasteiger partial charge on any atom is 0.234 e. The van der Waals surface area contributed by atoms with Gasteiger partial charge in [-0.25, -0.2) is 0 Å². The van der Waals surface area contributed by atoms with Crippen molar-refractivity contribution in [2.24, 2.45) is 0 Å². The zero-order valence-corrected chi connectivity index (χ0v) is 46.7. The van der Waals surface area contributed by atoms with E-state index in [-0.39, 0.29) is 11.8 Å². The van der Waals surface area contributed by atoms with Gasteiger partial charge in [-0.1, -0.05) is 273 Å². The number of carbonyl (C=O) groups is 2. The van der Waals surface area contributed by atoms with Crippen LogP contribution in [0.4, 0.5) is 11.4 Å². The molecule has 2 amide bonds. The maximum atomic E-state index is 12.6. The van der Waals surface area contributed by atoms with Crippen LogP contribution < -0.4 is 10.6 Å².